The van der Waals surface area contributed by atoms with E-state index in [1.807, 2.05) is 0 Å². The van der Waals surface area contributed by atoms with Crippen LogP contribution in [0.25, 0.3) is 0 Å². The van der Waals surface area contributed by atoms with Crippen molar-refractivity contribution < 1.29 is 14.7 Å². The second-order valence-electron chi connectivity index (χ2n) is 2.59. The van der Waals surface area contributed by atoms with Crippen LogP contribution in [0.15, 0.2) is 0 Å². The largest absolute Gasteiger partial charge is 0.480 e. The lowest BCUT2D eigenvalue weighted by Crippen LogP contribution is -2.30. The third-order valence-corrected chi connectivity index (χ3v) is 1.91. The topological polar surface area (TPSA) is 78.4 Å². The maximum absolute atomic E-state index is 10.5. The van der Waals surface area contributed by atoms with Gasteiger partial charge in [-0.3, -0.25) is 14.3 Å². The normalized spacial score (nSPS) is 12.1. The summed E-state index contributed by atoms with van der Waals surface area (Å²) in [4.78, 5) is 20.3. The Morgan fingerprint density at radius 1 is 1.54 bits per heavy atom. The molecule has 6 heteroatoms. The molecule has 0 fully saturated rings. The number of carboxylic acids is 1. The van der Waals surface area contributed by atoms with E-state index < -0.39 is 12.0 Å². The van der Waals surface area contributed by atoms with Crippen LogP contribution in [0.5, 0.6) is 0 Å². The van der Waals surface area contributed by atoms with Gasteiger partial charge in [0.2, 0.25) is 6.41 Å². The zero-order valence-electron chi connectivity index (χ0n) is 7.19. The van der Waals surface area contributed by atoms with Crippen LogP contribution < -0.4 is 10.0 Å². The van der Waals surface area contributed by atoms with Gasteiger partial charge in [0.15, 0.2) is 0 Å². The van der Waals surface area contributed by atoms with Gasteiger partial charge < -0.3 is 10.4 Å². The summed E-state index contributed by atoms with van der Waals surface area (Å²) < 4.78 is 2.40. The Bertz CT molecular complexity index is 166. The number of carbonyl (C=O) groups excluding carboxylic acids is 1. The van der Waals surface area contributed by atoms with E-state index in [1.54, 1.807) is 0 Å². The summed E-state index contributed by atoms with van der Waals surface area (Å²) in [7, 11) is 0. The van der Waals surface area contributed by atoms with Gasteiger partial charge in [0, 0.05) is 6.54 Å². The van der Waals surface area contributed by atoms with E-state index in [0.29, 0.717) is 19.4 Å². The number of carboxylic acid groups (broad SMARTS) is 1. The lowest BCUT2D eigenvalue weighted by molar-refractivity contribution is -0.139. The van der Waals surface area contributed by atoms with E-state index in [0.717, 1.165) is 12.8 Å². The quantitative estimate of drug-likeness (QED) is 0.252. The second-order valence-corrected chi connectivity index (χ2v) is 2.85. The van der Waals surface area contributed by atoms with Gasteiger partial charge in [-0.25, -0.2) is 0 Å². The molecule has 1 atom stereocenters. The highest BCUT2D eigenvalue weighted by Crippen LogP contribution is 2.01. The number of aliphatic carboxylic acids is 1. The molecule has 3 N–H and O–H groups in total. The van der Waals surface area contributed by atoms with E-state index in [2.05, 4.69) is 22.9 Å². The van der Waals surface area contributed by atoms with E-state index in [-0.39, 0.29) is 0 Å². The maximum atomic E-state index is 10.5. The lowest BCUT2D eigenvalue weighted by Gasteiger charge is -2.09. The Labute approximate surface area is 82.4 Å². The third kappa shape index (κ3) is 6.41. The standard InChI is InChI=1S/C7H14N2O3S/c10-5-8-4-2-1-3-6(9-13)7(11)12/h5-6,9,13H,1-4H2,(H,8,10)(H,11,12)/t6-/m0/s1. The fourth-order valence-corrected chi connectivity index (χ4v) is 1.12. The zero-order valence-corrected chi connectivity index (χ0v) is 8.09. The summed E-state index contributed by atoms with van der Waals surface area (Å²) in [5, 5.41) is 11.1. The van der Waals surface area contributed by atoms with Crippen molar-refractivity contribution in [2.24, 2.45) is 0 Å². The first-order chi connectivity index (χ1) is 6.22. The Hall–Kier alpha value is -0.750. The smallest absolute Gasteiger partial charge is 0.321 e. The minimum absolute atomic E-state index is 0.513. The highest BCUT2D eigenvalue weighted by molar-refractivity contribution is 7.78. The van der Waals surface area contributed by atoms with Crippen LogP contribution in [0, 0.1) is 0 Å². The molecule has 0 rings (SSSR count). The molecule has 0 bridgehead atoms. The number of hydrogen-bond donors (Lipinski definition) is 4. The molecule has 0 aliphatic heterocycles. The van der Waals surface area contributed by atoms with Gasteiger partial charge in [-0.2, -0.15) is 0 Å². The van der Waals surface area contributed by atoms with Crippen molar-refractivity contribution in [3.8, 4) is 0 Å². The minimum atomic E-state index is -0.904. The third-order valence-electron chi connectivity index (χ3n) is 1.60. The fourth-order valence-electron chi connectivity index (χ4n) is 0.878. The monoisotopic (exact) mass is 206 g/mol. The predicted octanol–water partition coefficient (Wildman–Crippen LogP) is -0.210. The molecule has 0 saturated heterocycles. The predicted molar refractivity (Wildman–Crippen MR) is 51.5 cm³/mol. The van der Waals surface area contributed by atoms with Crippen molar-refractivity contribution in [2.75, 3.05) is 6.54 Å². The zero-order chi connectivity index (χ0) is 10.1. The first-order valence-electron chi connectivity index (χ1n) is 4.01. The number of nitrogens with one attached hydrogen (secondary N) is 2. The Morgan fingerprint density at radius 3 is 2.69 bits per heavy atom. The summed E-state index contributed by atoms with van der Waals surface area (Å²) in [5.74, 6) is -0.904. The molecule has 0 aromatic rings. The first kappa shape index (κ1) is 12.2. The highest BCUT2D eigenvalue weighted by atomic mass is 32.1. The highest BCUT2D eigenvalue weighted by Gasteiger charge is 2.13. The molecular formula is C7H14N2O3S. The Morgan fingerprint density at radius 2 is 2.23 bits per heavy atom. The van der Waals surface area contributed by atoms with Crippen molar-refractivity contribution in [3.05, 3.63) is 0 Å². The van der Waals surface area contributed by atoms with Gasteiger partial charge in [-0.05, 0) is 19.3 Å². The number of hydrogen-bond acceptors (Lipinski definition) is 4. The van der Waals surface area contributed by atoms with Gasteiger partial charge in [-0.1, -0.05) is 12.8 Å². The second kappa shape index (κ2) is 7.88. The van der Waals surface area contributed by atoms with Crippen LogP contribution in [0.2, 0.25) is 0 Å². The van der Waals surface area contributed by atoms with Crippen molar-refractivity contribution >= 4 is 25.2 Å². The molecule has 0 spiro atoms. The van der Waals surface area contributed by atoms with E-state index in [1.165, 1.54) is 0 Å². The van der Waals surface area contributed by atoms with Crippen molar-refractivity contribution in [1.29, 1.82) is 0 Å². The van der Waals surface area contributed by atoms with Crippen molar-refractivity contribution in [3.63, 3.8) is 0 Å². The molecule has 5 nitrogen and oxygen atoms in total. The fraction of sp³-hybridized carbons (Fsp3) is 0.714. The van der Waals surface area contributed by atoms with Gasteiger partial charge >= 0.3 is 5.97 Å². The van der Waals surface area contributed by atoms with Crippen LogP contribution in [-0.2, 0) is 9.59 Å². The molecule has 1 amide bonds. The average molecular weight is 206 g/mol. The molecule has 0 aromatic heterocycles. The number of carbonyl (C=O) groups is 2. The van der Waals surface area contributed by atoms with Gasteiger partial charge in [0.25, 0.3) is 0 Å². The summed E-state index contributed by atoms with van der Waals surface area (Å²) in [6.07, 6.45) is 2.66. The lowest BCUT2D eigenvalue weighted by atomic mass is 10.1. The summed E-state index contributed by atoms with van der Waals surface area (Å²) in [6.45, 7) is 0.586. The molecule has 0 aromatic carbocycles. The molecular weight excluding hydrogens is 192 g/mol. The Balaban J connectivity index is 3.38. The summed E-state index contributed by atoms with van der Waals surface area (Å²) >= 11 is 3.70. The van der Waals surface area contributed by atoms with Crippen LogP contribution in [-0.4, -0.2) is 30.1 Å². The molecule has 76 valence electrons. The molecule has 0 unspecified atom stereocenters. The molecule has 0 radical (unpaired) electrons. The number of thiol groups is 1. The average Bonchev–Trinajstić information content (AvgIpc) is 2.10. The molecule has 0 heterocycles. The number of unbranched alkanes of at least 4 members (excludes halogenated alkanes) is 1. The Kier molecular flexibility index (Phi) is 7.42. The molecule has 13 heavy (non-hydrogen) atoms. The van der Waals surface area contributed by atoms with Crippen LogP contribution >= 0.6 is 12.8 Å². The summed E-state index contributed by atoms with van der Waals surface area (Å²) in [6, 6.07) is -0.612. The van der Waals surface area contributed by atoms with E-state index in [9.17, 15) is 9.59 Å². The van der Waals surface area contributed by atoms with Gasteiger partial charge in [0.1, 0.15) is 6.04 Å². The number of amides is 1. The molecule has 0 aliphatic rings. The maximum Gasteiger partial charge on any atom is 0.321 e. The van der Waals surface area contributed by atoms with Crippen molar-refractivity contribution in [2.45, 2.75) is 25.3 Å². The minimum Gasteiger partial charge on any atom is -0.480 e. The first-order valence-corrected chi connectivity index (χ1v) is 4.46. The van der Waals surface area contributed by atoms with E-state index >= 15 is 0 Å². The van der Waals surface area contributed by atoms with Gasteiger partial charge in [0.05, 0.1) is 0 Å². The van der Waals surface area contributed by atoms with Crippen LogP contribution in [0.1, 0.15) is 19.3 Å². The summed E-state index contributed by atoms with van der Waals surface area (Å²) in [5.41, 5.74) is 0. The number of rotatable bonds is 8. The van der Waals surface area contributed by atoms with Gasteiger partial charge in [-0.15, -0.1) is 0 Å². The van der Waals surface area contributed by atoms with Crippen LogP contribution in [0.4, 0.5) is 0 Å². The molecule has 0 saturated carbocycles. The van der Waals surface area contributed by atoms with E-state index in [4.69, 9.17) is 5.11 Å². The van der Waals surface area contributed by atoms with Crippen molar-refractivity contribution in [1.82, 2.24) is 10.0 Å². The molecule has 0 aliphatic carbocycles. The SMILES string of the molecule is O=CNCCCC[C@H](NS)C(=O)O. The van der Waals surface area contributed by atoms with Crippen LogP contribution in [0.3, 0.4) is 0 Å².